The van der Waals surface area contributed by atoms with Crippen molar-refractivity contribution >= 4 is 22.8 Å². The van der Waals surface area contributed by atoms with Crippen molar-refractivity contribution in [3.05, 3.63) is 71.3 Å². The summed E-state index contributed by atoms with van der Waals surface area (Å²) in [6.45, 7) is 0. The number of aromatic hydroxyl groups is 2. The Bertz CT molecular complexity index is 879. The van der Waals surface area contributed by atoms with Crippen molar-refractivity contribution in [2.75, 3.05) is 0 Å². The lowest BCUT2D eigenvalue weighted by Crippen LogP contribution is -2.02. The molecule has 3 aromatic rings. The molecule has 0 amide bonds. The molecule has 0 aliphatic carbocycles. The quantitative estimate of drug-likeness (QED) is 0.441. The van der Waals surface area contributed by atoms with E-state index in [0.29, 0.717) is 28.2 Å². The van der Waals surface area contributed by atoms with Gasteiger partial charge in [0.25, 0.3) is 0 Å². The first-order valence-corrected chi connectivity index (χ1v) is 6.65. The highest BCUT2D eigenvalue weighted by atomic mass is 16.3. The maximum Gasteiger partial charge on any atom is 0.196 e. The van der Waals surface area contributed by atoms with E-state index in [2.05, 4.69) is 0 Å². The van der Waals surface area contributed by atoms with E-state index in [1.54, 1.807) is 24.3 Å². The van der Waals surface area contributed by atoms with Crippen LogP contribution in [0.25, 0.3) is 10.8 Å². The van der Waals surface area contributed by atoms with Gasteiger partial charge in [-0.1, -0.05) is 48.5 Å². The van der Waals surface area contributed by atoms with Gasteiger partial charge >= 0.3 is 0 Å². The van der Waals surface area contributed by atoms with Crippen molar-refractivity contribution in [1.82, 2.24) is 0 Å². The van der Waals surface area contributed by atoms with Crippen LogP contribution in [0.3, 0.4) is 0 Å². The zero-order chi connectivity index (χ0) is 15.7. The van der Waals surface area contributed by atoms with Crippen LogP contribution >= 0.6 is 0 Å². The summed E-state index contributed by atoms with van der Waals surface area (Å²) in [6, 6.07) is 14.1. The van der Waals surface area contributed by atoms with Gasteiger partial charge in [-0.3, -0.25) is 9.59 Å². The number of carbonyl (C=O) groups excluding carboxylic acids is 2. The van der Waals surface area contributed by atoms with Gasteiger partial charge in [-0.2, -0.15) is 0 Å². The smallest absolute Gasteiger partial charge is 0.196 e. The standard InChI is InChI=1S/C18H12O4/c19-10-11-5-7-12(8-6-11)17(21)15-9-16(20)13-3-1-2-4-14(13)18(15)22/h1-10,20,22H. The van der Waals surface area contributed by atoms with Crippen LogP contribution in [0.2, 0.25) is 0 Å². The van der Waals surface area contributed by atoms with Gasteiger partial charge in [0.05, 0.1) is 5.56 Å². The van der Waals surface area contributed by atoms with Crippen LogP contribution in [0.4, 0.5) is 0 Å². The number of phenols is 2. The number of benzene rings is 3. The van der Waals surface area contributed by atoms with Crippen LogP contribution in [0, 0.1) is 0 Å². The number of phenolic OH excluding ortho intramolecular Hbond substituents is 2. The summed E-state index contributed by atoms with van der Waals surface area (Å²) >= 11 is 0. The molecule has 2 N–H and O–H groups in total. The largest absolute Gasteiger partial charge is 0.507 e. The molecule has 3 aromatic carbocycles. The van der Waals surface area contributed by atoms with Crippen LogP contribution in [-0.4, -0.2) is 22.3 Å². The summed E-state index contributed by atoms with van der Waals surface area (Å²) < 4.78 is 0. The average Bonchev–Trinajstić information content (AvgIpc) is 2.57. The normalized spacial score (nSPS) is 10.5. The van der Waals surface area contributed by atoms with E-state index >= 15 is 0 Å². The third-order valence-electron chi connectivity index (χ3n) is 3.55. The Kier molecular flexibility index (Phi) is 3.35. The lowest BCUT2D eigenvalue weighted by atomic mass is 9.97. The Labute approximate surface area is 126 Å². The molecule has 108 valence electrons. The molecule has 0 saturated heterocycles. The second-order valence-corrected chi connectivity index (χ2v) is 4.91. The molecule has 0 atom stereocenters. The molecule has 0 bridgehead atoms. The van der Waals surface area contributed by atoms with Crippen molar-refractivity contribution in [3.63, 3.8) is 0 Å². The number of hydrogen-bond acceptors (Lipinski definition) is 4. The monoisotopic (exact) mass is 292 g/mol. The molecule has 4 nitrogen and oxygen atoms in total. The molecule has 3 rings (SSSR count). The highest BCUT2D eigenvalue weighted by Gasteiger charge is 2.18. The van der Waals surface area contributed by atoms with Gasteiger partial charge in [0.15, 0.2) is 5.78 Å². The molecule has 0 saturated carbocycles. The van der Waals surface area contributed by atoms with E-state index in [0.717, 1.165) is 0 Å². The molecule has 0 unspecified atom stereocenters. The molecule has 0 heterocycles. The third-order valence-corrected chi connectivity index (χ3v) is 3.55. The second-order valence-electron chi connectivity index (χ2n) is 4.91. The molecule has 0 radical (unpaired) electrons. The lowest BCUT2D eigenvalue weighted by molar-refractivity contribution is 0.103. The second kappa shape index (κ2) is 5.33. The molecular weight excluding hydrogens is 280 g/mol. The van der Waals surface area contributed by atoms with Gasteiger partial charge in [-0.25, -0.2) is 0 Å². The maximum atomic E-state index is 12.5. The summed E-state index contributed by atoms with van der Waals surface area (Å²) in [5.74, 6) is -0.657. The van der Waals surface area contributed by atoms with Crippen molar-refractivity contribution in [3.8, 4) is 11.5 Å². The van der Waals surface area contributed by atoms with Crippen LogP contribution in [0.15, 0.2) is 54.6 Å². The fraction of sp³-hybridized carbons (Fsp3) is 0. The van der Waals surface area contributed by atoms with E-state index in [9.17, 15) is 19.8 Å². The van der Waals surface area contributed by atoms with E-state index in [4.69, 9.17) is 0 Å². The predicted molar refractivity (Wildman–Crippen MR) is 82.5 cm³/mol. The number of ketones is 1. The van der Waals surface area contributed by atoms with Crippen LogP contribution in [0.1, 0.15) is 26.3 Å². The van der Waals surface area contributed by atoms with Crippen molar-refractivity contribution in [1.29, 1.82) is 0 Å². The average molecular weight is 292 g/mol. The summed E-state index contributed by atoms with van der Waals surface area (Å²) in [7, 11) is 0. The molecule has 22 heavy (non-hydrogen) atoms. The molecule has 0 aliphatic heterocycles. The SMILES string of the molecule is O=Cc1ccc(C(=O)c2cc(O)c3ccccc3c2O)cc1. The van der Waals surface area contributed by atoms with Gasteiger partial charge in [0.1, 0.15) is 17.8 Å². The maximum absolute atomic E-state index is 12.5. The Hall–Kier alpha value is -3.14. The third kappa shape index (κ3) is 2.20. The molecule has 0 aromatic heterocycles. The van der Waals surface area contributed by atoms with Crippen LogP contribution < -0.4 is 0 Å². The fourth-order valence-corrected chi connectivity index (χ4v) is 2.38. The van der Waals surface area contributed by atoms with Crippen molar-refractivity contribution < 1.29 is 19.8 Å². The Morgan fingerprint density at radius 2 is 1.55 bits per heavy atom. The number of hydrogen-bond donors (Lipinski definition) is 2. The number of fused-ring (bicyclic) bond motifs is 1. The summed E-state index contributed by atoms with van der Waals surface area (Å²) in [5.41, 5.74) is 0.813. The van der Waals surface area contributed by atoms with E-state index in [1.165, 1.54) is 30.3 Å². The van der Waals surface area contributed by atoms with Gasteiger partial charge in [-0.15, -0.1) is 0 Å². The fourth-order valence-electron chi connectivity index (χ4n) is 2.38. The van der Waals surface area contributed by atoms with Crippen LogP contribution in [-0.2, 0) is 0 Å². The molecular formula is C18H12O4. The van der Waals surface area contributed by atoms with Crippen molar-refractivity contribution in [2.24, 2.45) is 0 Å². The molecule has 0 fully saturated rings. The first-order chi connectivity index (χ1) is 10.6. The molecule has 4 heteroatoms. The zero-order valence-electron chi connectivity index (χ0n) is 11.5. The van der Waals surface area contributed by atoms with Gasteiger partial charge < -0.3 is 10.2 Å². The summed E-state index contributed by atoms with van der Waals surface area (Å²) in [5, 5.41) is 21.3. The van der Waals surface area contributed by atoms with E-state index < -0.39 is 5.78 Å². The molecule has 0 aliphatic rings. The van der Waals surface area contributed by atoms with Gasteiger partial charge in [0, 0.05) is 21.9 Å². The van der Waals surface area contributed by atoms with Gasteiger partial charge in [-0.05, 0) is 6.07 Å². The van der Waals surface area contributed by atoms with E-state index in [-0.39, 0.29) is 17.1 Å². The zero-order valence-corrected chi connectivity index (χ0v) is 11.5. The first-order valence-electron chi connectivity index (χ1n) is 6.65. The van der Waals surface area contributed by atoms with E-state index in [1.807, 2.05) is 0 Å². The first kappa shape index (κ1) is 13.8. The Morgan fingerprint density at radius 1 is 0.909 bits per heavy atom. The number of rotatable bonds is 3. The van der Waals surface area contributed by atoms with Crippen LogP contribution in [0.5, 0.6) is 11.5 Å². The highest BCUT2D eigenvalue weighted by Crippen LogP contribution is 2.36. The minimum absolute atomic E-state index is 0.0232. The summed E-state index contributed by atoms with van der Waals surface area (Å²) in [4.78, 5) is 23.1. The lowest BCUT2D eigenvalue weighted by Gasteiger charge is -2.09. The Morgan fingerprint density at radius 3 is 2.18 bits per heavy atom. The molecule has 0 spiro atoms. The predicted octanol–water partition coefficient (Wildman–Crippen LogP) is 3.29. The number of carbonyl (C=O) groups is 2. The van der Waals surface area contributed by atoms with Gasteiger partial charge in [0.2, 0.25) is 0 Å². The highest BCUT2D eigenvalue weighted by molar-refractivity contribution is 6.14. The van der Waals surface area contributed by atoms with Crippen molar-refractivity contribution in [2.45, 2.75) is 0 Å². The minimum atomic E-state index is -0.420. The number of aldehydes is 1. The minimum Gasteiger partial charge on any atom is -0.507 e. The summed E-state index contributed by atoms with van der Waals surface area (Å²) in [6.07, 6.45) is 0.688. The topological polar surface area (TPSA) is 74.6 Å². The Balaban J connectivity index is 2.14.